The van der Waals surface area contributed by atoms with Crippen molar-refractivity contribution in [1.82, 2.24) is 10.6 Å². The summed E-state index contributed by atoms with van der Waals surface area (Å²) in [6, 6.07) is 8.89. The molecule has 0 aromatic heterocycles. The van der Waals surface area contributed by atoms with Crippen LogP contribution < -0.4 is 15.4 Å². The Morgan fingerprint density at radius 1 is 1.44 bits per heavy atom. The number of aliphatic hydroxyl groups excluding tert-OH is 1. The molecule has 3 N–H and O–H groups in total. The Morgan fingerprint density at radius 3 is 2.70 bits per heavy atom. The number of aliphatic hydroxyl groups is 1. The van der Waals surface area contributed by atoms with Gasteiger partial charge in [-0.15, -0.1) is 10.1 Å². The lowest BCUT2D eigenvalue weighted by Gasteiger charge is -2.14. The molecule has 0 aliphatic heterocycles. The van der Waals surface area contributed by atoms with Gasteiger partial charge in [-0.1, -0.05) is 12.1 Å². The quantitative estimate of drug-likeness (QED) is 0.178. The van der Waals surface area contributed by atoms with Gasteiger partial charge in [0, 0.05) is 19.6 Å². The number of nitrogens with zero attached hydrogens (tertiary/aromatic N) is 2. The van der Waals surface area contributed by atoms with E-state index in [-0.39, 0.29) is 24.9 Å². The van der Waals surface area contributed by atoms with Crippen molar-refractivity contribution in [3.63, 3.8) is 0 Å². The molecule has 0 saturated heterocycles. The molecule has 1 aromatic rings. The topological polar surface area (TPSA) is 147 Å². The molecule has 0 radical (unpaired) electrons. The molecule has 10 nitrogen and oxygen atoms in total. The Labute approximate surface area is 163 Å². The van der Waals surface area contributed by atoms with Crippen LogP contribution in [-0.2, 0) is 9.63 Å². The predicted octanol–water partition coefficient (Wildman–Crippen LogP) is 0.148. The van der Waals surface area contributed by atoms with Crippen LogP contribution in [-0.4, -0.2) is 60.8 Å². The van der Waals surface area contributed by atoms with E-state index in [9.17, 15) is 20.0 Å². The van der Waals surface area contributed by atoms with Crippen LogP contribution in [0.5, 0.6) is 5.75 Å². The minimum Gasteiger partial charge on any atom is -0.489 e. The smallest absolute Gasteiger partial charge is 0.294 e. The molecule has 0 saturated carbocycles. The first kappa shape index (κ1) is 24.5. The van der Waals surface area contributed by atoms with Crippen LogP contribution >= 0.6 is 12.6 Å². The minimum absolute atomic E-state index is 0.0920. The number of benzene rings is 1. The second kappa shape index (κ2) is 15.7. The number of hydrogen-bond donors (Lipinski definition) is 4. The van der Waals surface area contributed by atoms with Gasteiger partial charge in [-0.25, -0.2) is 0 Å². The number of para-hydroxylation sites is 1. The number of hydrogen-bond acceptors (Lipinski definition) is 9. The van der Waals surface area contributed by atoms with Crippen molar-refractivity contribution >= 4 is 18.5 Å². The van der Waals surface area contributed by atoms with Crippen molar-refractivity contribution in [2.24, 2.45) is 0 Å². The van der Waals surface area contributed by atoms with E-state index in [1.165, 1.54) is 0 Å². The summed E-state index contributed by atoms with van der Waals surface area (Å²) < 4.78 is 5.41. The van der Waals surface area contributed by atoms with Gasteiger partial charge >= 0.3 is 0 Å². The number of ether oxygens (including phenoxy) is 1. The molecule has 0 fully saturated rings. The lowest BCUT2D eigenvalue weighted by molar-refractivity contribution is -0.756. The van der Waals surface area contributed by atoms with Crippen molar-refractivity contribution in [3.05, 3.63) is 39.9 Å². The molecule has 0 bridgehead atoms. The van der Waals surface area contributed by atoms with Crippen molar-refractivity contribution < 1.29 is 24.6 Å². The molecule has 1 rings (SSSR count). The first-order valence-corrected chi connectivity index (χ1v) is 8.73. The summed E-state index contributed by atoms with van der Waals surface area (Å²) >= 11 is 3.84. The van der Waals surface area contributed by atoms with Gasteiger partial charge in [0.15, 0.2) is 0 Å². The maximum absolute atomic E-state index is 10.9. The molecule has 0 spiro atoms. The summed E-state index contributed by atoms with van der Waals surface area (Å²) in [6.45, 7) is 3.14. The maximum Gasteiger partial charge on any atom is 0.294 e. The molecule has 0 aliphatic rings. The summed E-state index contributed by atoms with van der Waals surface area (Å²) in [5.74, 6) is 0.492. The summed E-state index contributed by atoms with van der Waals surface area (Å²) in [5, 5.41) is 32.7. The predicted molar refractivity (Wildman–Crippen MR) is 101 cm³/mol. The Hall–Kier alpha value is -2.55. The van der Waals surface area contributed by atoms with Gasteiger partial charge in [-0.2, -0.15) is 17.9 Å². The van der Waals surface area contributed by atoms with Crippen LogP contribution in [0.2, 0.25) is 0 Å². The fourth-order valence-corrected chi connectivity index (χ4v) is 1.76. The van der Waals surface area contributed by atoms with E-state index in [0.29, 0.717) is 30.9 Å². The van der Waals surface area contributed by atoms with Gasteiger partial charge in [-0.05, 0) is 19.1 Å². The van der Waals surface area contributed by atoms with E-state index in [2.05, 4.69) is 28.1 Å². The molecular weight excluding hydrogens is 376 g/mol. The molecule has 1 unspecified atom stereocenters. The van der Waals surface area contributed by atoms with E-state index in [4.69, 9.17) is 10.00 Å². The van der Waals surface area contributed by atoms with Crippen molar-refractivity contribution in [2.45, 2.75) is 13.0 Å². The Morgan fingerprint density at radius 2 is 2.15 bits per heavy atom. The van der Waals surface area contributed by atoms with E-state index in [1.807, 2.05) is 6.07 Å². The van der Waals surface area contributed by atoms with Gasteiger partial charge in [-0.3, -0.25) is 4.79 Å². The van der Waals surface area contributed by atoms with Crippen LogP contribution in [0.4, 0.5) is 0 Å². The Bertz CT molecular complexity index is 611. The number of carbonyl (C=O) groups excluding carboxylic acids is 1. The third-order valence-electron chi connectivity index (χ3n) is 2.82. The normalized spacial score (nSPS) is 10.6. The molecule has 11 heteroatoms. The number of nitriles is 1. The van der Waals surface area contributed by atoms with Gasteiger partial charge in [0.05, 0.1) is 17.9 Å². The van der Waals surface area contributed by atoms with Crippen LogP contribution in [0, 0.1) is 21.4 Å². The highest BCUT2D eigenvalue weighted by Gasteiger charge is 2.07. The van der Waals surface area contributed by atoms with Crippen LogP contribution in [0.25, 0.3) is 0 Å². The fourth-order valence-electron chi connectivity index (χ4n) is 1.65. The minimum atomic E-state index is -0.819. The molecule has 27 heavy (non-hydrogen) atoms. The number of nitrogens with one attached hydrogen (secondary N) is 2. The SMILES string of the molecule is CCO[N+](=O)[O-].N#Cc1ccccc1OCC(O)CNCCNC(=O)CS. The highest BCUT2D eigenvalue weighted by Crippen LogP contribution is 2.16. The van der Waals surface area contributed by atoms with E-state index >= 15 is 0 Å². The van der Waals surface area contributed by atoms with Crippen molar-refractivity contribution in [2.75, 3.05) is 38.6 Å². The lowest BCUT2D eigenvalue weighted by Crippen LogP contribution is -2.37. The Kier molecular flexibility index (Phi) is 14.2. The third kappa shape index (κ3) is 13.3. The monoisotopic (exact) mass is 400 g/mol. The number of amides is 1. The zero-order valence-corrected chi connectivity index (χ0v) is 15.9. The zero-order chi connectivity index (χ0) is 20.5. The second-order valence-corrected chi connectivity index (χ2v) is 5.24. The zero-order valence-electron chi connectivity index (χ0n) is 15.0. The molecule has 1 aromatic carbocycles. The fraction of sp³-hybridized carbons (Fsp3) is 0.500. The Balaban J connectivity index is 0.000000972. The van der Waals surface area contributed by atoms with Crippen molar-refractivity contribution in [1.29, 1.82) is 5.26 Å². The first-order chi connectivity index (χ1) is 12.9. The number of rotatable bonds is 11. The summed E-state index contributed by atoms with van der Waals surface area (Å²) in [7, 11) is 0. The van der Waals surface area contributed by atoms with Crippen LogP contribution in [0.15, 0.2) is 24.3 Å². The number of carbonyl (C=O) groups is 1. The molecule has 1 amide bonds. The molecular formula is C16H24N4O6S. The standard InChI is InChI=1S/C14H19N3O3S.C2H5NO3/c15-7-11-3-1-2-4-13(11)20-9-12(18)8-16-5-6-17-14(19)10-21;1-2-6-3(4)5/h1-4,12,16,18,21H,5-6,8-10H2,(H,17,19);2H2,1H3. The van der Waals surface area contributed by atoms with Gasteiger partial charge in [0.2, 0.25) is 5.91 Å². The molecule has 150 valence electrons. The third-order valence-corrected chi connectivity index (χ3v) is 3.11. The van der Waals surface area contributed by atoms with Gasteiger partial charge < -0.3 is 25.3 Å². The van der Waals surface area contributed by atoms with E-state index in [0.717, 1.165) is 0 Å². The average molecular weight is 400 g/mol. The maximum atomic E-state index is 10.9. The van der Waals surface area contributed by atoms with E-state index < -0.39 is 11.2 Å². The second-order valence-electron chi connectivity index (χ2n) is 4.93. The van der Waals surface area contributed by atoms with E-state index in [1.54, 1.807) is 31.2 Å². The van der Waals surface area contributed by atoms with Crippen molar-refractivity contribution in [3.8, 4) is 11.8 Å². The molecule has 1 atom stereocenters. The summed E-state index contributed by atoms with van der Waals surface area (Å²) in [5.41, 5.74) is 0.437. The van der Waals surface area contributed by atoms with Gasteiger partial charge in [0.1, 0.15) is 24.5 Å². The summed E-state index contributed by atoms with van der Waals surface area (Å²) in [6.07, 6.45) is -0.697. The van der Waals surface area contributed by atoms with Gasteiger partial charge in [0.25, 0.3) is 5.09 Å². The highest BCUT2D eigenvalue weighted by atomic mass is 32.1. The lowest BCUT2D eigenvalue weighted by atomic mass is 10.2. The molecule has 0 heterocycles. The van der Waals surface area contributed by atoms with Crippen LogP contribution in [0.1, 0.15) is 12.5 Å². The molecule has 0 aliphatic carbocycles. The van der Waals surface area contributed by atoms with Crippen LogP contribution in [0.3, 0.4) is 0 Å². The largest absolute Gasteiger partial charge is 0.489 e. The highest BCUT2D eigenvalue weighted by molar-refractivity contribution is 7.81. The first-order valence-electron chi connectivity index (χ1n) is 8.10. The summed E-state index contributed by atoms with van der Waals surface area (Å²) in [4.78, 5) is 23.9. The average Bonchev–Trinajstić information content (AvgIpc) is 2.66. The number of thiol groups is 1.